The van der Waals surface area contributed by atoms with Crippen LogP contribution in [0.4, 0.5) is 5.69 Å². The van der Waals surface area contributed by atoms with Crippen molar-refractivity contribution in [2.45, 2.75) is 56.8 Å². The van der Waals surface area contributed by atoms with E-state index in [9.17, 15) is 9.59 Å². The molecular formula is C17H20N2O4. The van der Waals surface area contributed by atoms with Gasteiger partial charge >= 0.3 is 0 Å². The number of nitrogens with one attached hydrogen (secondary N) is 2. The number of hydrogen-bond donors (Lipinski definition) is 2. The number of carbonyl (C=O) groups is 2. The molecule has 6 nitrogen and oxygen atoms in total. The first-order valence-electron chi connectivity index (χ1n) is 8.26. The van der Waals surface area contributed by atoms with E-state index in [0.29, 0.717) is 24.3 Å². The standard InChI is InChI=1S/C17H20N2O4/c20-15-7-5-12(19-15)16(21)18-11-4-6-13-14(10-11)23-17(22-13)8-2-1-3-9-17/h4,6,10,12H,1-3,5,7-9H2,(H,18,21)(H,19,20)/t12-/m0/s1. The Labute approximate surface area is 134 Å². The van der Waals surface area contributed by atoms with Gasteiger partial charge in [0.05, 0.1) is 0 Å². The molecule has 0 unspecified atom stereocenters. The lowest BCUT2D eigenvalue weighted by Crippen LogP contribution is -2.40. The lowest BCUT2D eigenvalue weighted by molar-refractivity contribution is -0.122. The summed E-state index contributed by atoms with van der Waals surface area (Å²) < 4.78 is 12.1. The molecule has 2 N–H and O–H groups in total. The number of benzene rings is 1. The molecule has 1 spiro atoms. The van der Waals surface area contributed by atoms with Crippen molar-refractivity contribution in [1.29, 1.82) is 0 Å². The molecule has 2 fully saturated rings. The molecule has 1 saturated heterocycles. The highest BCUT2D eigenvalue weighted by Crippen LogP contribution is 2.46. The van der Waals surface area contributed by atoms with Crippen LogP contribution in [0.5, 0.6) is 11.5 Å². The first kappa shape index (κ1) is 14.4. The number of fused-ring (bicyclic) bond motifs is 1. The monoisotopic (exact) mass is 316 g/mol. The van der Waals surface area contributed by atoms with Gasteiger partial charge in [0, 0.05) is 31.0 Å². The normalized spacial score (nSPS) is 24.5. The quantitative estimate of drug-likeness (QED) is 0.878. The van der Waals surface area contributed by atoms with E-state index < -0.39 is 11.8 Å². The van der Waals surface area contributed by atoms with E-state index in [1.807, 2.05) is 6.07 Å². The lowest BCUT2D eigenvalue weighted by atomic mass is 9.94. The largest absolute Gasteiger partial charge is 0.448 e. The second-order valence-corrected chi connectivity index (χ2v) is 6.49. The van der Waals surface area contributed by atoms with Gasteiger partial charge in [-0.15, -0.1) is 0 Å². The van der Waals surface area contributed by atoms with E-state index in [-0.39, 0.29) is 11.8 Å². The Morgan fingerprint density at radius 1 is 1.17 bits per heavy atom. The minimum atomic E-state index is -0.511. The average Bonchev–Trinajstić information content (AvgIpc) is 3.11. The van der Waals surface area contributed by atoms with Gasteiger partial charge in [-0.05, 0) is 31.4 Å². The molecule has 0 radical (unpaired) electrons. The Hall–Kier alpha value is -2.24. The van der Waals surface area contributed by atoms with Crippen molar-refractivity contribution < 1.29 is 19.1 Å². The molecule has 1 atom stereocenters. The van der Waals surface area contributed by atoms with Crippen molar-refractivity contribution >= 4 is 17.5 Å². The van der Waals surface area contributed by atoms with Crippen LogP contribution in [0.1, 0.15) is 44.9 Å². The van der Waals surface area contributed by atoms with E-state index in [4.69, 9.17) is 9.47 Å². The van der Waals surface area contributed by atoms with Crippen LogP contribution in [0.2, 0.25) is 0 Å². The third-order valence-electron chi connectivity index (χ3n) is 4.73. The summed E-state index contributed by atoms with van der Waals surface area (Å²) in [4.78, 5) is 23.4. The molecule has 1 aromatic rings. The summed E-state index contributed by atoms with van der Waals surface area (Å²) >= 11 is 0. The summed E-state index contributed by atoms with van der Waals surface area (Å²) in [5, 5.41) is 5.50. The molecule has 122 valence electrons. The van der Waals surface area contributed by atoms with Gasteiger partial charge in [0.1, 0.15) is 6.04 Å². The van der Waals surface area contributed by atoms with Crippen LogP contribution in [0.15, 0.2) is 18.2 Å². The van der Waals surface area contributed by atoms with Crippen LogP contribution < -0.4 is 20.1 Å². The van der Waals surface area contributed by atoms with Gasteiger partial charge < -0.3 is 20.1 Å². The highest BCUT2D eigenvalue weighted by Gasteiger charge is 2.42. The molecule has 1 saturated carbocycles. The van der Waals surface area contributed by atoms with Crippen LogP contribution >= 0.6 is 0 Å². The van der Waals surface area contributed by atoms with Crippen molar-refractivity contribution in [3.05, 3.63) is 18.2 Å². The Morgan fingerprint density at radius 2 is 1.96 bits per heavy atom. The smallest absolute Gasteiger partial charge is 0.251 e. The van der Waals surface area contributed by atoms with Gasteiger partial charge in [-0.3, -0.25) is 9.59 Å². The van der Waals surface area contributed by atoms with Gasteiger partial charge in [-0.2, -0.15) is 0 Å². The molecule has 6 heteroatoms. The fraction of sp³-hybridized carbons (Fsp3) is 0.529. The van der Waals surface area contributed by atoms with Crippen molar-refractivity contribution in [1.82, 2.24) is 5.32 Å². The van der Waals surface area contributed by atoms with Crippen LogP contribution in [-0.4, -0.2) is 23.6 Å². The predicted molar refractivity (Wildman–Crippen MR) is 83.3 cm³/mol. The Bertz CT molecular complexity index is 652. The Morgan fingerprint density at radius 3 is 2.70 bits per heavy atom. The molecule has 0 bridgehead atoms. The SMILES string of the molecule is O=C1CC[C@@H](C(=O)Nc2ccc3c(c2)OC2(CCCCC2)O3)N1. The maximum atomic E-state index is 12.2. The summed E-state index contributed by atoms with van der Waals surface area (Å²) in [6, 6.07) is 4.99. The van der Waals surface area contributed by atoms with Crippen molar-refractivity contribution in [2.75, 3.05) is 5.32 Å². The third kappa shape index (κ3) is 2.73. The van der Waals surface area contributed by atoms with Crippen molar-refractivity contribution in [2.24, 2.45) is 0 Å². The van der Waals surface area contributed by atoms with Gasteiger partial charge in [0.2, 0.25) is 11.8 Å². The van der Waals surface area contributed by atoms with E-state index in [0.717, 1.165) is 31.4 Å². The van der Waals surface area contributed by atoms with Gasteiger partial charge in [0.15, 0.2) is 11.5 Å². The fourth-order valence-corrected chi connectivity index (χ4v) is 3.51. The molecule has 3 aliphatic rings. The highest BCUT2D eigenvalue weighted by atomic mass is 16.7. The molecule has 2 heterocycles. The number of anilines is 1. The zero-order chi connectivity index (χ0) is 15.9. The first-order chi connectivity index (χ1) is 11.1. The molecule has 4 rings (SSSR count). The van der Waals surface area contributed by atoms with Crippen LogP contribution in [0.3, 0.4) is 0 Å². The van der Waals surface area contributed by atoms with Crippen LogP contribution in [0.25, 0.3) is 0 Å². The van der Waals surface area contributed by atoms with Crippen LogP contribution in [-0.2, 0) is 9.59 Å². The molecule has 23 heavy (non-hydrogen) atoms. The van der Waals surface area contributed by atoms with Gasteiger partial charge in [-0.1, -0.05) is 6.42 Å². The van der Waals surface area contributed by atoms with E-state index in [1.165, 1.54) is 6.42 Å². The predicted octanol–water partition coefficient (Wildman–Crippen LogP) is 2.34. The molecule has 2 amide bonds. The minimum Gasteiger partial charge on any atom is -0.448 e. The maximum Gasteiger partial charge on any atom is 0.251 e. The fourth-order valence-electron chi connectivity index (χ4n) is 3.51. The zero-order valence-electron chi connectivity index (χ0n) is 12.9. The van der Waals surface area contributed by atoms with E-state index >= 15 is 0 Å². The number of amides is 2. The molecule has 1 aliphatic carbocycles. The van der Waals surface area contributed by atoms with Gasteiger partial charge in [0.25, 0.3) is 5.79 Å². The Balaban J connectivity index is 1.45. The van der Waals surface area contributed by atoms with Crippen LogP contribution in [0, 0.1) is 0 Å². The van der Waals surface area contributed by atoms with Gasteiger partial charge in [-0.25, -0.2) is 0 Å². The number of rotatable bonds is 2. The summed E-state index contributed by atoms with van der Waals surface area (Å²) in [5.41, 5.74) is 0.659. The second-order valence-electron chi connectivity index (χ2n) is 6.49. The minimum absolute atomic E-state index is 0.0740. The number of ether oxygens (including phenoxy) is 2. The molecule has 2 aliphatic heterocycles. The summed E-state index contributed by atoms with van der Waals surface area (Å²) in [6.07, 6.45) is 6.19. The average molecular weight is 316 g/mol. The Kier molecular flexibility index (Phi) is 3.39. The molecule has 1 aromatic carbocycles. The van der Waals surface area contributed by atoms with Crippen molar-refractivity contribution in [3.63, 3.8) is 0 Å². The summed E-state index contributed by atoms with van der Waals surface area (Å²) in [7, 11) is 0. The second kappa shape index (κ2) is 5.44. The zero-order valence-corrected chi connectivity index (χ0v) is 12.9. The lowest BCUT2D eigenvalue weighted by Gasteiger charge is -2.31. The summed E-state index contributed by atoms with van der Waals surface area (Å²) in [5.74, 6) is 0.638. The highest BCUT2D eigenvalue weighted by molar-refractivity contribution is 5.99. The topological polar surface area (TPSA) is 76.7 Å². The molecular weight excluding hydrogens is 296 g/mol. The van der Waals surface area contributed by atoms with Crippen molar-refractivity contribution in [3.8, 4) is 11.5 Å². The first-order valence-corrected chi connectivity index (χ1v) is 8.26. The van der Waals surface area contributed by atoms with E-state index in [1.54, 1.807) is 12.1 Å². The summed E-state index contributed by atoms with van der Waals surface area (Å²) in [6.45, 7) is 0. The number of hydrogen-bond acceptors (Lipinski definition) is 4. The van der Waals surface area contributed by atoms with E-state index in [2.05, 4.69) is 10.6 Å². The number of carbonyl (C=O) groups excluding carboxylic acids is 2. The maximum absolute atomic E-state index is 12.2. The molecule has 0 aromatic heterocycles. The third-order valence-corrected chi connectivity index (χ3v) is 4.73.